The fourth-order valence-corrected chi connectivity index (χ4v) is 6.54. The van der Waals surface area contributed by atoms with Crippen molar-refractivity contribution in [3.05, 3.63) is 120 Å². The third kappa shape index (κ3) is 14.2. The van der Waals surface area contributed by atoms with Crippen molar-refractivity contribution < 1.29 is 28.7 Å². The van der Waals surface area contributed by atoms with Crippen molar-refractivity contribution in [1.82, 2.24) is 20.4 Å². The maximum absolute atomic E-state index is 13.4. The predicted molar refractivity (Wildman–Crippen MR) is 226 cm³/mol. The van der Waals surface area contributed by atoms with Crippen LogP contribution in [0.25, 0.3) is 0 Å². The van der Waals surface area contributed by atoms with Gasteiger partial charge in [0.15, 0.2) is 0 Å². The SMILES string of the molecule is CNC(Cc1ccccc1)C(=O)N(C)c1ccc(OC)cc1.COc1ccc(N(C)C(=O)C(Cc2ccccc2)NC(=O)CCN2CCN(CCC=O)CC2)cc1. The lowest BCUT2D eigenvalue weighted by Gasteiger charge is -2.34. The van der Waals surface area contributed by atoms with E-state index in [1.807, 2.05) is 116 Å². The molecule has 1 fully saturated rings. The number of rotatable bonds is 18. The molecule has 0 bridgehead atoms. The number of benzene rings is 4. The molecular formula is C45H58N6O6. The molecule has 5 rings (SSSR count). The molecule has 12 nitrogen and oxygen atoms in total. The number of amides is 3. The van der Waals surface area contributed by atoms with Crippen molar-refractivity contribution in [2.45, 2.75) is 37.8 Å². The number of methoxy groups -OCH3 is 2. The van der Waals surface area contributed by atoms with Gasteiger partial charge in [-0.05, 0) is 73.1 Å². The fourth-order valence-electron chi connectivity index (χ4n) is 6.54. The van der Waals surface area contributed by atoms with Crippen LogP contribution in [0.2, 0.25) is 0 Å². The van der Waals surface area contributed by atoms with Gasteiger partial charge < -0.3 is 44.5 Å². The van der Waals surface area contributed by atoms with E-state index < -0.39 is 6.04 Å². The molecule has 1 aliphatic heterocycles. The number of likely N-dealkylation sites (N-methyl/N-ethyl adjacent to an activating group) is 3. The number of ether oxygens (including phenoxy) is 2. The molecule has 1 aliphatic rings. The van der Waals surface area contributed by atoms with E-state index in [1.54, 1.807) is 38.1 Å². The molecule has 4 aromatic carbocycles. The second-order valence-electron chi connectivity index (χ2n) is 13.9. The van der Waals surface area contributed by atoms with E-state index in [2.05, 4.69) is 20.4 Å². The number of aldehydes is 1. The van der Waals surface area contributed by atoms with Crippen LogP contribution >= 0.6 is 0 Å². The van der Waals surface area contributed by atoms with E-state index in [0.29, 0.717) is 38.0 Å². The number of nitrogens with one attached hydrogen (secondary N) is 2. The lowest BCUT2D eigenvalue weighted by molar-refractivity contribution is -0.127. The third-order valence-electron chi connectivity index (χ3n) is 10.1. The fraction of sp³-hybridized carbons (Fsp3) is 0.378. The van der Waals surface area contributed by atoms with Crippen LogP contribution in [0.1, 0.15) is 24.0 Å². The Morgan fingerprint density at radius 1 is 0.649 bits per heavy atom. The summed E-state index contributed by atoms with van der Waals surface area (Å²) in [7, 11) is 8.55. The highest BCUT2D eigenvalue weighted by atomic mass is 16.5. The van der Waals surface area contributed by atoms with Gasteiger partial charge in [-0.1, -0.05) is 60.7 Å². The van der Waals surface area contributed by atoms with Gasteiger partial charge in [0, 0.05) is 84.0 Å². The minimum absolute atomic E-state index is 0.0384. The number of hydrogen-bond donors (Lipinski definition) is 2. The van der Waals surface area contributed by atoms with Gasteiger partial charge in [-0.3, -0.25) is 14.4 Å². The van der Waals surface area contributed by atoms with Crippen LogP contribution in [0.5, 0.6) is 11.5 Å². The quantitative estimate of drug-likeness (QED) is 0.141. The van der Waals surface area contributed by atoms with E-state index in [4.69, 9.17) is 9.47 Å². The first kappa shape index (κ1) is 44.2. The Balaban J connectivity index is 0.000000281. The molecule has 0 spiro atoms. The summed E-state index contributed by atoms with van der Waals surface area (Å²) in [6, 6.07) is 33.5. The van der Waals surface area contributed by atoms with E-state index in [9.17, 15) is 19.2 Å². The van der Waals surface area contributed by atoms with Crippen molar-refractivity contribution in [1.29, 1.82) is 0 Å². The van der Waals surface area contributed by atoms with Crippen LogP contribution in [0.3, 0.4) is 0 Å². The summed E-state index contributed by atoms with van der Waals surface area (Å²) in [5.74, 6) is 1.23. The zero-order valence-corrected chi connectivity index (χ0v) is 33.9. The van der Waals surface area contributed by atoms with E-state index in [-0.39, 0.29) is 23.8 Å². The molecule has 1 heterocycles. The van der Waals surface area contributed by atoms with Gasteiger partial charge in [0.25, 0.3) is 0 Å². The number of hydrogen-bond acceptors (Lipinski definition) is 9. The second-order valence-corrected chi connectivity index (χ2v) is 13.9. The molecule has 0 saturated carbocycles. The van der Waals surface area contributed by atoms with Gasteiger partial charge >= 0.3 is 0 Å². The van der Waals surface area contributed by atoms with Gasteiger partial charge in [0.05, 0.1) is 20.3 Å². The summed E-state index contributed by atoms with van der Waals surface area (Å²) in [6.07, 6.45) is 2.93. The zero-order chi connectivity index (χ0) is 41.0. The van der Waals surface area contributed by atoms with Crippen LogP contribution in [0.15, 0.2) is 109 Å². The molecule has 2 unspecified atom stereocenters. The first-order chi connectivity index (χ1) is 27.6. The molecular weight excluding hydrogens is 721 g/mol. The van der Waals surface area contributed by atoms with Crippen LogP contribution in [-0.4, -0.2) is 121 Å². The number of anilines is 2. The molecule has 57 heavy (non-hydrogen) atoms. The summed E-state index contributed by atoms with van der Waals surface area (Å²) in [6.45, 7) is 4.99. The van der Waals surface area contributed by atoms with Gasteiger partial charge in [-0.2, -0.15) is 0 Å². The van der Waals surface area contributed by atoms with Crippen LogP contribution in [-0.2, 0) is 32.0 Å². The number of nitrogens with zero attached hydrogens (tertiary/aromatic N) is 4. The minimum Gasteiger partial charge on any atom is -0.497 e. The molecule has 3 amide bonds. The number of piperazine rings is 1. The molecule has 4 aromatic rings. The van der Waals surface area contributed by atoms with Gasteiger partial charge in [-0.25, -0.2) is 0 Å². The van der Waals surface area contributed by atoms with Crippen molar-refractivity contribution in [3.8, 4) is 11.5 Å². The van der Waals surface area contributed by atoms with E-state index in [1.165, 1.54) is 0 Å². The lowest BCUT2D eigenvalue weighted by Crippen LogP contribution is -2.50. The average Bonchev–Trinajstić information content (AvgIpc) is 3.27. The normalized spacial score (nSPS) is 13.9. The highest BCUT2D eigenvalue weighted by molar-refractivity contribution is 5.99. The molecule has 2 N–H and O–H groups in total. The maximum Gasteiger partial charge on any atom is 0.249 e. The Bertz CT molecular complexity index is 1800. The van der Waals surface area contributed by atoms with Gasteiger partial charge in [-0.15, -0.1) is 0 Å². The second kappa shape index (κ2) is 23.5. The van der Waals surface area contributed by atoms with Crippen LogP contribution in [0.4, 0.5) is 11.4 Å². The first-order valence-corrected chi connectivity index (χ1v) is 19.4. The van der Waals surface area contributed by atoms with Crippen molar-refractivity contribution >= 4 is 35.4 Å². The number of carbonyl (C=O) groups excluding carboxylic acids is 4. The largest absolute Gasteiger partial charge is 0.497 e. The zero-order valence-electron chi connectivity index (χ0n) is 33.9. The number of carbonyl (C=O) groups is 4. The maximum atomic E-state index is 13.4. The summed E-state index contributed by atoms with van der Waals surface area (Å²) < 4.78 is 10.3. The average molecular weight is 779 g/mol. The highest BCUT2D eigenvalue weighted by Crippen LogP contribution is 2.21. The Morgan fingerprint density at radius 3 is 1.49 bits per heavy atom. The van der Waals surface area contributed by atoms with E-state index >= 15 is 0 Å². The molecule has 304 valence electrons. The Morgan fingerprint density at radius 2 is 1.07 bits per heavy atom. The minimum atomic E-state index is -0.669. The molecule has 0 aliphatic carbocycles. The highest BCUT2D eigenvalue weighted by Gasteiger charge is 2.26. The molecule has 2 atom stereocenters. The van der Waals surface area contributed by atoms with E-state index in [0.717, 1.165) is 67.3 Å². The standard InChI is InChI=1S/C27H36N4O4.C18H22N2O2/c1-29(23-9-11-24(35-2)12-10-23)27(34)25(21-22-7-4-3-5-8-22)28-26(33)13-15-31-18-16-30(17-19-31)14-6-20-32;1-19-17(13-14-7-5-4-6-8-14)18(21)20(2)15-9-11-16(22-3)12-10-15/h3-5,7-12,20,25H,6,13-19,21H2,1-2H3,(H,28,33);4-12,17,19H,13H2,1-3H3. The lowest BCUT2D eigenvalue weighted by atomic mass is 10.0. The topological polar surface area (TPSA) is 124 Å². The van der Waals surface area contributed by atoms with Crippen molar-refractivity contribution in [2.75, 3.05) is 84.4 Å². The molecule has 12 heteroatoms. The Kier molecular flexibility index (Phi) is 18.2. The summed E-state index contributed by atoms with van der Waals surface area (Å²) in [5, 5.41) is 6.09. The molecule has 0 radical (unpaired) electrons. The third-order valence-corrected chi connectivity index (χ3v) is 10.1. The molecule has 0 aromatic heterocycles. The summed E-state index contributed by atoms with van der Waals surface area (Å²) in [4.78, 5) is 57.3. The molecule has 1 saturated heterocycles. The first-order valence-electron chi connectivity index (χ1n) is 19.4. The smallest absolute Gasteiger partial charge is 0.249 e. The monoisotopic (exact) mass is 778 g/mol. The van der Waals surface area contributed by atoms with Gasteiger partial charge in [0.2, 0.25) is 17.7 Å². The predicted octanol–water partition coefficient (Wildman–Crippen LogP) is 4.47. The van der Waals surface area contributed by atoms with Gasteiger partial charge in [0.1, 0.15) is 23.8 Å². The Hall–Kier alpha value is -5.56. The Labute approximate surface area is 337 Å². The van der Waals surface area contributed by atoms with Crippen LogP contribution in [0, 0.1) is 0 Å². The van der Waals surface area contributed by atoms with Crippen LogP contribution < -0.4 is 29.9 Å². The summed E-state index contributed by atoms with van der Waals surface area (Å²) >= 11 is 0. The van der Waals surface area contributed by atoms with Crippen molar-refractivity contribution in [2.24, 2.45) is 0 Å². The van der Waals surface area contributed by atoms with Crippen molar-refractivity contribution in [3.63, 3.8) is 0 Å². The summed E-state index contributed by atoms with van der Waals surface area (Å²) in [5.41, 5.74) is 3.70.